The van der Waals surface area contributed by atoms with Gasteiger partial charge in [-0.3, -0.25) is 0 Å². The SMILES string of the molecule is OC(Cc1cccc(F)c1F)c1sccc1Cl. The van der Waals surface area contributed by atoms with Gasteiger partial charge in [0.15, 0.2) is 11.6 Å². The highest BCUT2D eigenvalue weighted by Gasteiger charge is 2.17. The Labute approximate surface area is 106 Å². The van der Waals surface area contributed by atoms with E-state index < -0.39 is 17.7 Å². The van der Waals surface area contributed by atoms with Crippen molar-refractivity contribution >= 4 is 22.9 Å². The lowest BCUT2D eigenvalue weighted by molar-refractivity contribution is 0.180. The summed E-state index contributed by atoms with van der Waals surface area (Å²) < 4.78 is 26.4. The van der Waals surface area contributed by atoms with E-state index in [4.69, 9.17) is 11.6 Å². The maximum atomic E-state index is 13.4. The summed E-state index contributed by atoms with van der Waals surface area (Å²) in [6.45, 7) is 0. The average Bonchev–Trinajstić information content (AvgIpc) is 2.71. The van der Waals surface area contributed by atoms with Gasteiger partial charge in [0, 0.05) is 6.42 Å². The van der Waals surface area contributed by atoms with Gasteiger partial charge in [-0.25, -0.2) is 8.78 Å². The Kier molecular flexibility index (Phi) is 3.76. The fourth-order valence-electron chi connectivity index (χ4n) is 1.55. The number of hydrogen-bond acceptors (Lipinski definition) is 2. The summed E-state index contributed by atoms with van der Waals surface area (Å²) in [5.74, 6) is -1.83. The minimum absolute atomic E-state index is 0.00380. The van der Waals surface area contributed by atoms with Crippen molar-refractivity contribution in [1.29, 1.82) is 0 Å². The molecule has 0 fully saturated rings. The molecular formula is C12H9ClF2OS. The Morgan fingerprint density at radius 1 is 1.29 bits per heavy atom. The van der Waals surface area contributed by atoms with Crippen LogP contribution in [-0.4, -0.2) is 5.11 Å². The smallest absolute Gasteiger partial charge is 0.162 e. The van der Waals surface area contributed by atoms with E-state index in [2.05, 4.69) is 0 Å². The van der Waals surface area contributed by atoms with Crippen molar-refractivity contribution in [3.05, 3.63) is 56.7 Å². The second kappa shape index (κ2) is 5.12. The fourth-order valence-corrected chi connectivity index (χ4v) is 2.72. The number of halogens is 3. The highest BCUT2D eigenvalue weighted by atomic mass is 35.5. The van der Waals surface area contributed by atoms with E-state index in [-0.39, 0.29) is 12.0 Å². The molecule has 90 valence electrons. The van der Waals surface area contributed by atoms with Crippen molar-refractivity contribution in [1.82, 2.24) is 0 Å². The monoisotopic (exact) mass is 274 g/mol. The van der Waals surface area contributed by atoms with Crippen molar-refractivity contribution in [3.8, 4) is 0 Å². The highest BCUT2D eigenvalue weighted by molar-refractivity contribution is 7.10. The first-order valence-corrected chi connectivity index (χ1v) is 6.19. The van der Waals surface area contributed by atoms with E-state index in [0.717, 1.165) is 6.07 Å². The molecule has 0 radical (unpaired) electrons. The van der Waals surface area contributed by atoms with Gasteiger partial charge in [-0.2, -0.15) is 0 Å². The van der Waals surface area contributed by atoms with Gasteiger partial charge in [0.05, 0.1) is 16.0 Å². The van der Waals surface area contributed by atoms with Crippen LogP contribution in [0.25, 0.3) is 0 Å². The van der Waals surface area contributed by atoms with Crippen molar-refractivity contribution < 1.29 is 13.9 Å². The summed E-state index contributed by atoms with van der Waals surface area (Å²) in [5, 5.41) is 12.1. The van der Waals surface area contributed by atoms with Gasteiger partial charge in [0.2, 0.25) is 0 Å². The van der Waals surface area contributed by atoms with Crippen LogP contribution in [0.1, 0.15) is 16.5 Å². The van der Waals surface area contributed by atoms with E-state index >= 15 is 0 Å². The summed E-state index contributed by atoms with van der Waals surface area (Å²) in [5.41, 5.74) is 0.141. The number of hydrogen-bond donors (Lipinski definition) is 1. The molecule has 0 spiro atoms. The Morgan fingerprint density at radius 3 is 2.71 bits per heavy atom. The number of benzene rings is 1. The van der Waals surface area contributed by atoms with Crippen LogP contribution in [0.2, 0.25) is 5.02 Å². The molecule has 2 aromatic rings. The average molecular weight is 275 g/mol. The third-order valence-corrected chi connectivity index (χ3v) is 3.85. The number of thiophene rings is 1. The standard InChI is InChI=1S/C12H9ClF2OS/c13-8-4-5-17-12(8)10(16)6-7-2-1-3-9(14)11(7)15/h1-5,10,16H,6H2. The van der Waals surface area contributed by atoms with Crippen LogP contribution in [0.5, 0.6) is 0 Å². The first kappa shape index (κ1) is 12.5. The Balaban J connectivity index is 2.22. The molecule has 1 nitrogen and oxygen atoms in total. The maximum absolute atomic E-state index is 13.4. The Morgan fingerprint density at radius 2 is 2.06 bits per heavy atom. The van der Waals surface area contributed by atoms with E-state index in [1.165, 1.54) is 23.5 Å². The quantitative estimate of drug-likeness (QED) is 0.898. The molecule has 5 heteroatoms. The summed E-state index contributed by atoms with van der Waals surface area (Å²) in [6, 6.07) is 5.57. The zero-order valence-electron chi connectivity index (χ0n) is 8.66. The molecule has 0 aliphatic rings. The predicted octanol–water partition coefficient (Wildman–Crippen LogP) is 3.96. The molecule has 2 rings (SSSR count). The molecule has 1 unspecified atom stereocenters. The van der Waals surface area contributed by atoms with Gasteiger partial charge in [0.25, 0.3) is 0 Å². The molecule has 0 saturated carbocycles. The molecule has 0 aliphatic heterocycles. The summed E-state index contributed by atoms with van der Waals surface area (Å²) in [4.78, 5) is 0.565. The first-order valence-electron chi connectivity index (χ1n) is 4.93. The van der Waals surface area contributed by atoms with Crippen LogP contribution in [0.15, 0.2) is 29.6 Å². The van der Waals surface area contributed by atoms with Crippen LogP contribution < -0.4 is 0 Å². The van der Waals surface area contributed by atoms with E-state index in [0.29, 0.717) is 9.90 Å². The molecule has 1 heterocycles. The molecule has 1 N–H and O–H groups in total. The molecule has 0 bridgehead atoms. The fraction of sp³-hybridized carbons (Fsp3) is 0.167. The second-order valence-corrected chi connectivity index (χ2v) is 4.92. The van der Waals surface area contributed by atoms with Crippen LogP contribution in [0.4, 0.5) is 8.78 Å². The van der Waals surface area contributed by atoms with Crippen molar-refractivity contribution in [2.75, 3.05) is 0 Å². The van der Waals surface area contributed by atoms with Gasteiger partial charge in [-0.05, 0) is 23.1 Å². The van der Waals surface area contributed by atoms with Crippen molar-refractivity contribution in [2.24, 2.45) is 0 Å². The van der Waals surface area contributed by atoms with E-state index in [1.807, 2.05) is 0 Å². The Bertz CT molecular complexity index is 527. The molecular weight excluding hydrogens is 266 g/mol. The van der Waals surface area contributed by atoms with Crippen LogP contribution in [-0.2, 0) is 6.42 Å². The summed E-state index contributed by atoms with van der Waals surface area (Å²) >= 11 is 7.14. The molecule has 17 heavy (non-hydrogen) atoms. The Hall–Kier alpha value is -0.970. The summed E-state index contributed by atoms with van der Waals surface area (Å²) in [7, 11) is 0. The number of rotatable bonds is 3. The normalized spacial score (nSPS) is 12.7. The maximum Gasteiger partial charge on any atom is 0.162 e. The van der Waals surface area contributed by atoms with Gasteiger partial charge < -0.3 is 5.11 Å². The lowest BCUT2D eigenvalue weighted by atomic mass is 10.1. The van der Waals surface area contributed by atoms with Crippen LogP contribution in [0.3, 0.4) is 0 Å². The molecule has 0 saturated heterocycles. The van der Waals surface area contributed by atoms with Crippen molar-refractivity contribution in [3.63, 3.8) is 0 Å². The molecule has 0 amide bonds. The number of aliphatic hydroxyl groups is 1. The minimum Gasteiger partial charge on any atom is -0.387 e. The first-order chi connectivity index (χ1) is 8.09. The van der Waals surface area contributed by atoms with Gasteiger partial charge in [-0.1, -0.05) is 23.7 Å². The molecule has 0 aliphatic carbocycles. The molecule has 1 aromatic carbocycles. The third kappa shape index (κ3) is 2.65. The van der Waals surface area contributed by atoms with Gasteiger partial charge >= 0.3 is 0 Å². The minimum atomic E-state index is -0.918. The second-order valence-electron chi connectivity index (χ2n) is 3.57. The predicted molar refractivity (Wildman–Crippen MR) is 64.4 cm³/mol. The van der Waals surface area contributed by atoms with E-state index in [9.17, 15) is 13.9 Å². The largest absolute Gasteiger partial charge is 0.387 e. The third-order valence-electron chi connectivity index (χ3n) is 2.39. The van der Waals surface area contributed by atoms with Gasteiger partial charge in [0.1, 0.15) is 0 Å². The summed E-state index contributed by atoms with van der Waals surface area (Å²) in [6.07, 6.45) is -0.914. The highest BCUT2D eigenvalue weighted by Crippen LogP contribution is 2.31. The van der Waals surface area contributed by atoms with Gasteiger partial charge in [-0.15, -0.1) is 11.3 Å². The molecule has 1 aromatic heterocycles. The zero-order valence-corrected chi connectivity index (χ0v) is 10.2. The zero-order chi connectivity index (χ0) is 12.4. The van der Waals surface area contributed by atoms with Crippen molar-refractivity contribution in [2.45, 2.75) is 12.5 Å². The topological polar surface area (TPSA) is 20.2 Å². The van der Waals surface area contributed by atoms with E-state index in [1.54, 1.807) is 11.4 Å². The lowest BCUT2D eigenvalue weighted by Crippen LogP contribution is -2.03. The molecule has 1 atom stereocenters. The van der Waals surface area contributed by atoms with Crippen LogP contribution in [0, 0.1) is 11.6 Å². The number of aliphatic hydroxyl groups excluding tert-OH is 1. The van der Waals surface area contributed by atoms with Crippen LogP contribution >= 0.6 is 22.9 Å². The lowest BCUT2D eigenvalue weighted by Gasteiger charge is -2.10.